The van der Waals surface area contributed by atoms with Crippen molar-refractivity contribution in [2.75, 3.05) is 12.4 Å². The molecule has 0 radical (unpaired) electrons. The minimum absolute atomic E-state index is 0.709. The summed E-state index contributed by atoms with van der Waals surface area (Å²) in [6, 6.07) is 7.50. The molecule has 15 heavy (non-hydrogen) atoms. The van der Waals surface area contributed by atoms with Gasteiger partial charge in [-0.05, 0) is 41.7 Å². The van der Waals surface area contributed by atoms with Crippen molar-refractivity contribution in [1.29, 1.82) is 0 Å². The van der Waals surface area contributed by atoms with Crippen LogP contribution in [0.5, 0.6) is 5.75 Å². The van der Waals surface area contributed by atoms with E-state index in [4.69, 9.17) is 16.3 Å². The maximum absolute atomic E-state index is 5.77. The zero-order valence-electron chi connectivity index (χ0n) is 9.20. The minimum Gasteiger partial charge on any atom is -0.494 e. The standard InChI is InChI=1S/C12H17ClOS/c1-10(2)15-9-3-8-14-12-6-4-11(13)5-7-12/h4-7,10H,3,8-9H2,1-2H3. The lowest BCUT2D eigenvalue weighted by atomic mass is 10.3. The summed E-state index contributed by atoms with van der Waals surface area (Å²) in [5, 5.41) is 1.46. The Labute approximate surface area is 101 Å². The van der Waals surface area contributed by atoms with Crippen LogP contribution in [0.4, 0.5) is 0 Å². The number of hydrogen-bond acceptors (Lipinski definition) is 2. The highest BCUT2D eigenvalue weighted by atomic mass is 35.5. The highest BCUT2D eigenvalue weighted by molar-refractivity contribution is 7.99. The first-order valence-electron chi connectivity index (χ1n) is 5.18. The molecule has 0 atom stereocenters. The monoisotopic (exact) mass is 244 g/mol. The molecule has 1 nitrogen and oxygen atoms in total. The van der Waals surface area contributed by atoms with E-state index >= 15 is 0 Å². The van der Waals surface area contributed by atoms with Gasteiger partial charge in [0.1, 0.15) is 5.75 Å². The summed E-state index contributed by atoms with van der Waals surface area (Å²) in [6.45, 7) is 5.21. The van der Waals surface area contributed by atoms with Crippen LogP contribution in [-0.4, -0.2) is 17.6 Å². The van der Waals surface area contributed by atoms with E-state index in [0.29, 0.717) is 5.25 Å². The van der Waals surface area contributed by atoms with E-state index in [-0.39, 0.29) is 0 Å². The highest BCUT2D eigenvalue weighted by Gasteiger charge is 1.96. The fourth-order valence-corrected chi connectivity index (χ4v) is 1.98. The average molecular weight is 245 g/mol. The van der Waals surface area contributed by atoms with Gasteiger partial charge in [0.15, 0.2) is 0 Å². The summed E-state index contributed by atoms with van der Waals surface area (Å²) in [7, 11) is 0. The number of halogens is 1. The van der Waals surface area contributed by atoms with Crippen LogP contribution in [0.15, 0.2) is 24.3 Å². The summed E-state index contributed by atoms with van der Waals surface area (Å²) >= 11 is 7.74. The topological polar surface area (TPSA) is 9.23 Å². The molecule has 3 heteroatoms. The quantitative estimate of drug-likeness (QED) is 0.692. The molecule has 0 fully saturated rings. The van der Waals surface area contributed by atoms with Gasteiger partial charge in [-0.1, -0.05) is 25.4 Å². The molecule has 0 unspecified atom stereocenters. The third-order valence-corrected chi connectivity index (χ3v) is 3.27. The number of rotatable bonds is 6. The second-order valence-electron chi connectivity index (χ2n) is 3.58. The number of benzene rings is 1. The van der Waals surface area contributed by atoms with Crippen LogP contribution in [0.1, 0.15) is 20.3 Å². The molecule has 0 heterocycles. The van der Waals surface area contributed by atoms with E-state index in [1.54, 1.807) is 0 Å². The van der Waals surface area contributed by atoms with Gasteiger partial charge in [-0.2, -0.15) is 11.8 Å². The molecular formula is C12H17ClOS. The highest BCUT2D eigenvalue weighted by Crippen LogP contribution is 2.16. The lowest BCUT2D eigenvalue weighted by Gasteiger charge is -2.07. The molecule has 0 saturated carbocycles. The minimum atomic E-state index is 0.709. The van der Waals surface area contributed by atoms with Gasteiger partial charge < -0.3 is 4.74 Å². The lowest BCUT2D eigenvalue weighted by molar-refractivity contribution is 0.318. The number of thioether (sulfide) groups is 1. The molecule has 0 aliphatic carbocycles. The Bertz CT molecular complexity index is 271. The van der Waals surface area contributed by atoms with E-state index < -0.39 is 0 Å². The normalized spacial score (nSPS) is 10.7. The van der Waals surface area contributed by atoms with Crippen LogP contribution in [0.2, 0.25) is 5.02 Å². The predicted molar refractivity (Wildman–Crippen MR) is 69.2 cm³/mol. The van der Waals surface area contributed by atoms with Gasteiger partial charge in [0.05, 0.1) is 6.61 Å². The van der Waals surface area contributed by atoms with E-state index in [1.807, 2.05) is 36.0 Å². The third-order valence-electron chi connectivity index (χ3n) is 1.82. The van der Waals surface area contributed by atoms with Gasteiger partial charge in [-0.3, -0.25) is 0 Å². The van der Waals surface area contributed by atoms with Crippen molar-refractivity contribution >= 4 is 23.4 Å². The number of ether oxygens (including phenoxy) is 1. The van der Waals surface area contributed by atoms with Crippen molar-refractivity contribution in [3.63, 3.8) is 0 Å². The molecule has 1 aromatic carbocycles. The van der Waals surface area contributed by atoms with Crippen LogP contribution >= 0.6 is 23.4 Å². The van der Waals surface area contributed by atoms with Crippen LogP contribution in [0.3, 0.4) is 0 Å². The van der Waals surface area contributed by atoms with Gasteiger partial charge in [-0.15, -0.1) is 0 Å². The summed E-state index contributed by atoms with van der Waals surface area (Å²) in [4.78, 5) is 0. The van der Waals surface area contributed by atoms with E-state index in [9.17, 15) is 0 Å². The maximum Gasteiger partial charge on any atom is 0.119 e. The fourth-order valence-electron chi connectivity index (χ4n) is 1.10. The zero-order valence-corrected chi connectivity index (χ0v) is 10.8. The first-order valence-corrected chi connectivity index (χ1v) is 6.61. The van der Waals surface area contributed by atoms with Crippen molar-refractivity contribution in [3.8, 4) is 5.75 Å². The molecule has 0 aliphatic rings. The van der Waals surface area contributed by atoms with Crippen LogP contribution in [0.25, 0.3) is 0 Å². The van der Waals surface area contributed by atoms with Gasteiger partial charge in [-0.25, -0.2) is 0 Å². The summed E-state index contributed by atoms with van der Waals surface area (Å²) < 4.78 is 5.57. The van der Waals surface area contributed by atoms with Crippen molar-refractivity contribution in [2.24, 2.45) is 0 Å². The molecular weight excluding hydrogens is 228 g/mol. The molecule has 0 N–H and O–H groups in total. The van der Waals surface area contributed by atoms with Gasteiger partial charge in [0.25, 0.3) is 0 Å². The second-order valence-corrected chi connectivity index (χ2v) is 5.70. The fraction of sp³-hybridized carbons (Fsp3) is 0.500. The van der Waals surface area contributed by atoms with Gasteiger partial charge >= 0.3 is 0 Å². The maximum atomic E-state index is 5.77. The van der Waals surface area contributed by atoms with Gasteiger partial charge in [0, 0.05) is 5.02 Å². The SMILES string of the molecule is CC(C)SCCCOc1ccc(Cl)cc1. The molecule has 0 spiro atoms. The van der Waals surface area contributed by atoms with Crippen molar-refractivity contribution < 1.29 is 4.74 Å². The first kappa shape index (κ1) is 12.7. The predicted octanol–water partition coefficient (Wildman–Crippen LogP) is 4.25. The van der Waals surface area contributed by atoms with Crippen molar-refractivity contribution in [1.82, 2.24) is 0 Å². The summed E-state index contributed by atoms with van der Waals surface area (Å²) in [5.74, 6) is 2.06. The lowest BCUT2D eigenvalue weighted by Crippen LogP contribution is -2.00. The smallest absolute Gasteiger partial charge is 0.119 e. The van der Waals surface area contributed by atoms with E-state index in [2.05, 4.69) is 13.8 Å². The third kappa shape index (κ3) is 5.95. The van der Waals surface area contributed by atoms with Crippen molar-refractivity contribution in [3.05, 3.63) is 29.3 Å². The Morgan fingerprint density at radius 1 is 1.27 bits per heavy atom. The number of hydrogen-bond donors (Lipinski definition) is 0. The Hall–Kier alpha value is -0.340. The molecule has 1 rings (SSSR count). The van der Waals surface area contributed by atoms with E-state index in [1.165, 1.54) is 0 Å². The largest absolute Gasteiger partial charge is 0.494 e. The first-order chi connectivity index (χ1) is 7.18. The zero-order chi connectivity index (χ0) is 11.1. The Kier molecular flexibility index (Phi) is 5.96. The Morgan fingerprint density at radius 2 is 1.93 bits per heavy atom. The van der Waals surface area contributed by atoms with Crippen LogP contribution < -0.4 is 4.74 Å². The van der Waals surface area contributed by atoms with E-state index in [0.717, 1.165) is 29.6 Å². The van der Waals surface area contributed by atoms with Crippen LogP contribution in [0, 0.1) is 0 Å². The second kappa shape index (κ2) is 7.02. The molecule has 0 aliphatic heterocycles. The molecule has 1 aromatic rings. The van der Waals surface area contributed by atoms with Gasteiger partial charge in [0.2, 0.25) is 0 Å². The Morgan fingerprint density at radius 3 is 2.53 bits per heavy atom. The molecule has 0 bridgehead atoms. The van der Waals surface area contributed by atoms with Crippen LogP contribution in [-0.2, 0) is 0 Å². The average Bonchev–Trinajstić information content (AvgIpc) is 2.20. The summed E-state index contributed by atoms with van der Waals surface area (Å²) in [5.41, 5.74) is 0. The Balaban J connectivity index is 2.12. The molecule has 0 amide bonds. The molecule has 0 saturated heterocycles. The summed E-state index contributed by atoms with van der Waals surface area (Å²) in [6.07, 6.45) is 1.09. The molecule has 84 valence electrons. The molecule has 0 aromatic heterocycles. The van der Waals surface area contributed by atoms with Crippen molar-refractivity contribution in [2.45, 2.75) is 25.5 Å².